The van der Waals surface area contributed by atoms with Gasteiger partial charge in [-0.05, 0) is 95.9 Å². The van der Waals surface area contributed by atoms with Crippen LogP contribution in [0, 0.1) is 22.9 Å². The fraction of sp³-hybridized carbons (Fsp3) is 0.450. The van der Waals surface area contributed by atoms with Gasteiger partial charge in [0.1, 0.15) is 16.1 Å². The van der Waals surface area contributed by atoms with Crippen LogP contribution >= 0.6 is 0 Å². The van der Waals surface area contributed by atoms with E-state index in [1.165, 1.54) is 32.3 Å². The van der Waals surface area contributed by atoms with Crippen LogP contribution in [0.5, 0.6) is 0 Å². The smallest absolute Gasteiger partial charge is 0.125 e. The standard InChI is InChI=1S/C40H52Si2/c1-27(2)41(28(3)4,29(5)6)21-19-33-17-18-36-25-37-23-34-15-13-14-16-35(34)24-38(37)26-40(36)39(33)20-22-42(30(7)8,31(9)10)32(11)12/h13-18,23-32H,1-12H3. The second-order valence-electron chi connectivity index (χ2n) is 14.4. The van der Waals surface area contributed by atoms with E-state index < -0.39 is 16.1 Å². The van der Waals surface area contributed by atoms with Crippen LogP contribution in [0.15, 0.2) is 60.7 Å². The van der Waals surface area contributed by atoms with Crippen LogP contribution in [0.2, 0.25) is 33.2 Å². The summed E-state index contributed by atoms with van der Waals surface area (Å²) in [5.74, 6) is 7.71. The third-order valence-corrected chi connectivity index (χ3v) is 23.0. The topological polar surface area (TPSA) is 0 Å². The molecule has 0 saturated carbocycles. The Balaban J connectivity index is 2.09. The molecule has 2 heteroatoms. The normalized spacial score (nSPS) is 12.7. The maximum absolute atomic E-state index is 4.06. The Morgan fingerprint density at radius 1 is 0.429 bits per heavy atom. The molecule has 0 saturated heterocycles. The first-order valence-electron chi connectivity index (χ1n) is 16.2. The van der Waals surface area contributed by atoms with Crippen molar-refractivity contribution in [2.45, 2.75) is 116 Å². The summed E-state index contributed by atoms with van der Waals surface area (Å²) in [7, 11) is -3.81. The Hall–Kier alpha value is -2.79. The Bertz CT molecular complexity index is 1670. The monoisotopic (exact) mass is 588 g/mol. The molecule has 0 aliphatic heterocycles. The molecule has 0 bridgehead atoms. The van der Waals surface area contributed by atoms with E-state index in [0.717, 1.165) is 11.1 Å². The molecule has 0 aliphatic rings. The zero-order valence-corrected chi connectivity index (χ0v) is 30.2. The maximum atomic E-state index is 4.06. The van der Waals surface area contributed by atoms with Gasteiger partial charge in [-0.1, -0.05) is 125 Å². The quantitative estimate of drug-likeness (QED) is 0.119. The van der Waals surface area contributed by atoms with Crippen molar-refractivity contribution in [3.05, 3.63) is 71.8 Å². The molecule has 0 nitrogen and oxygen atoms in total. The minimum atomic E-state index is -1.92. The zero-order valence-electron chi connectivity index (χ0n) is 28.2. The molecule has 0 radical (unpaired) electrons. The van der Waals surface area contributed by atoms with Crippen molar-refractivity contribution in [1.82, 2.24) is 0 Å². The molecule has 0 aromatic heterocycles. The van der Waals surface area contributed by atoms with E-state index in [2.05, 4.69) is 167 Å². The summed E-state index contributed by atoms with van der Waals surface area (Å²) >= 11 is 0. The molecule has 0 fully saturated rings. The molecule has 0 aliphatic carbocycles. The number of hydrogen-bond donors (Lipinski definition) is 0. The highest BCUT2D eigenvalue weighted by atomic mass is 28.3. The van der Waals surface area contributed by atoms with Crippen molar-refractivity contribution in [2.75, 3.05) is 0 Å². The molecule has 0 spiro atoms. The van der Waals surface area contributed by atoms with Crippen LogP contribution in [0.3, 0.4) is 0 Å². The lowest BCUT2D eigenvalue weighted by atomic mass is 9.95. The van der Waals surface area contributed by atoms with Crippen LogP contribution in [-0.2, 0) is 0 Å². The summed E-state index contributed by atoms with van der Waals surface area (Å²) in [5, 5.41) is 7.59. The van der Waals surface area contributed by atoms with Gasteiger partial charge in [-0.25, -0.2) is 0 Å². The molecular weight excluding hydrogens is 537 g/mol. The SMILES string of the molecule is CC(C)[Si](C#Cc1ccc2cc3cc4ccccc4cc3cc2c1C#C[Si](C(C)C)(C(C)C)C(C)C)(C(C)C)C(C)C. The fourth-order valence-electron chi connectivity index (χ4n) is 8.22. The van der Waals surface area contributed by atoms with Crippen LogP contribution in [0.1, 0.15) is 94.2 Å². The van der Waals surface area contributed by atoms with E-state index in [4.69, 9.17) is 0 Å². The van der Waals surface area contributed by atoms with Crippen molar-refractivity contribution < 1.29 is 0 Å². The summed E-state index contributed by atoms with van der Waals surface area (Å²) in [4.78, 5) is 0. The Morgan fingerprint density at radius 3 is 1.29 bits per heavy atom. The Kier molecular flexibility index (Phi) is 9.52. The van der Waals surface area contributed by atoms with Gasteiger partial charge in [0, 0.05) is 11.1 Å². The first-order chi connectivity index (χ1) is 19.7. The zero-order chi connectivity index (χ0) is 31.0. The largest absolute Gasteiger partial charge is 0.146 e. The fourth-order valence-corrected chi connectivity index (χ4v) is 18.6. The maximum Gasteiger partial charge on any atom is 0.146 e. The third kappa shape index (κ3) is 5.62. The van der Waals surface area contributed by atoms with E-state index in [-0.39, 0.29) is 0 Å². The number of rotatable bonds is 6. The van der Waals surface area contributed by atoms with Gasteiger partial charge >= 0.3 is 0 Å². The average molecular weight is 589 g/mol. The number of hydrogen-bond acceptors (Lipinski definition) is 0. The van der Waals surface area contributed by atoms with E-state index in [0.29, 0.717) is 33.2 Å². The first-order valence-corrected chi connectivity index (χ1v) is 20.7. The third-order valence-electron chi connectivity index (χ3n) is 10.4. The summed E-state index contributed by atoms with van der Waals surface area (Å²) < 4.78 is 0. The van der Waals surface area contributed by atoms with Gasteiger partial charge in [0.25, 0.3) is 0 Å². The average Bonchev–Trinajstić information content (AvgIpc) is 2.90. The molecule has 4 aromatic carbocycles. The lowest BCUT2D eigenvalue weighted by Gasteiger charge is -2.38. The molecule has 0 N–H and O–H groups in total. The van der Waals surface area contributed by atoms with Crippen LogP contribution in [0.25, 0.3) is 32.3 Å². The number of fused-ring (bicyclic) bond motifs is 3. The van der Waals surface area contributed by atoms with Gasteiger partial charge in [-0.2, -0.15) is 0 Å². The molecule has 42 heavy (non-hydrogen) atoms. The Labute approximate surface area is 258 Å². The highest BCUT2D eigenvalue weighted by Crippen LogP contribution is 2.42. The molecule has 0 heterocycles. The van der Waals surface area contributed by atoms with Crippen molar-refractivity contribution in [3.63, 3.8) is 0 Å². The summed E-state index contributed by atoms with van der Waals surface area (Å²) in [6.07, 6.45) is 0. The Morgan fingerprint density at radius 2 is 0.833 bits per heavy atom. The molecule has 0 unspecified atom stereocenters. The highest BCUT2D eigenvalue weighted by Gasteiger charge is 2.42. The van der Waals surface area contributed by atoms with Crippen LogP contribution < -0.4 is 0 Å². The van der Waals surface area contributed by atoms with E-state index >= 15 is 0 Å². The predicted molar refractivity (Wildman–Crippen MR) is 195 cm³/mol. The molecule has 4 aromatic rings. The second-order valence-corrected chi connectivity index (χ2v) is 25.6. The van der Waals surface area contributed by atoms with Crippen molar-refractivity contribution in [3.8, 4) is 22.9 Å². The predicted octanol–water partition coefficient (Wildman–Crippen LogP) is 12.3. The van der Waals surface area contributed by atoms with Crippen LogP contribution in [-0.4, -0.2) is 16.1 Å². The minimum Gasteiger partial charge on any atom is -0.125 e. The van der Waals surface area contributed by atoms with E-state index in [1.54, 1.807) is 0 Å². The highest BCUT2D eigenvalue weighted by molar-refractivity contribution is 6.91. The van der Waals surface area contributed by atoms with E-state index in [1.807, 2.05) is 0 Å². The molecule has 0 amide bonds. The first kappa shape index (κ1) is 32.1. The van der Waals surface area contributed by atoms with E-state index in [9.17, 15) is 0 Å². The van der Waals surface area contributed by atoms with Crippen molar-refractivity contribution in [1.29, 1.82) is 0 Å². The second kappa shape index (κ2) is 12.4. The van der Waals surface area contributed by atoms with Gasteiger partial charge < -0.3 is 0 Å². The summed E-state index contributed by atoms with van der Waals surface area (Å²) in [5.41, 5.74) is 13.9. The summed E-state index contributed by atoms with van der Waals surface area (Å²) in [6, 6.07) is 22.6. The lowest BCUT2D eigenvalue weighted by Crippen LogP contribution is -2.43. The molecule has 4 rings (SSSR count). The van der Waals surface area contributed by atoms with Gasteiger partial charge in [0.15, 0.2) is 0 Å². The van der Waals surface area contributed by atoms with Gasteiger partial charge in [-0.3, -0.25) is 0 Å². The molecule has 220 valence electrons. The van der Waals surface area contributed by atoms with Gasteiger partial charge in [0.05, 0.1) is 0 Å². The summed E-state index contributed by atoms with van der Waals surface area (Å²) in [6.45, 7) is 28.8. The van der Waals surface area contributed by atoms with Gasteiger partial charge in [0.2, 0.25) is 0 Å². The van der Waals surface area contributed by atoms with Gasteiger partial charge in [-0.15, -0.1) is 11.1 Å². The van der Waals surface area contributed by atoms with Crippen molar-refractivity contribution in [2.24, 2.45) is 0 Å². The minimum absolute atomic E-state index is 0.588. The lowest BCUT2D eigenvalue weighted by molar-refractivity contribution is 0.838. The molecule has 0 atom stereocenters. The number of benzene rings is 4. The van der Waals surface area contributed by atoms with Crippen molar-refractivity contribution >= 4 is 48.5 Å². The molecular formula is C40H52Si2. The van der Waals surface area contributed by atoms with Crippen LogP contribution in [0.4, 0.5) is 0 Å².